The van der Waals surface area contributed by atoms with Gasteiger partial charge >= 0.3 is 5.97 Å². The summed E-state index contributed by atoms with van der Waals surface area (Å²) in [6, 6.07) is 6.45. The number of ether oxygens (including phenoxy) is 1. The van der Waals surface area contributed by atoms with Crippen molar-refractivity contribution in [3.8, 4) is 5.75 Å². The van der Waals surface area contributed by atoms with Gasteiger partial charge in [-0.15, -0.1) is 11.3 Å². The monoisotopic (exact) mass is 290 g/mol. The van der Waals surface area contributed by atoms with Crippen LogP contribution >= 0.6 is 11.3 Å². The Morgan fingerprint density at radius 3 is 2.85 bits per heavy atom. The van der Waals surface area contributed by atoms with Crippen molar-refractivity contribution in [2.75, 3.05) is 5.32 Å². The second-order valence-electron chi connectivity index (χ2n) is 4.06. The van der Waals surface area contributed by atoms with Gasteiger partial charge < -0.3 is 4.74 Å². The highest BCUT2D eigenvalue weighted by molar-refractivity contribution is 7.15. The summed E-state index contributed by atoms with van der Waals surface area (Å²) in [7, 11) is 0. The predicted molar refractivity (Wildman–Crippen MR) is 77.2 cm³/mol. The molecule has 1 heterocycles. The van der Waals surface area contributed by atoms with Crippen molar-refractivity contribution in [3.63, 3.8) is 0 Å². The lowest BCUT2D eigenvalue weighted by Gasteiger charge is -2.04. The van der Waals surface area contributed by atoms with Crippen molar-refractivity contribution < 1.29 is 14.3 Å². The van der Waals surface area contributed by atoms with Gasteiger partial charge in [-0.05, 0) is 24.6 Å². The summed E-state index contributed by atoms with van der Waals surface area (Å²) in [5.41, 5.74) is 0.414. The molecule has 0 radical (unpaired) electrons. The number of rotatable bonds is 4. The van der Waals surface area contributed by atoms with Crippen molar-refractivity contribution >= 4 is 28.3 Å². The number of nitrogens with zero attached hydrogens (tertiary/aromatic N) is 1. The van der Waals surface area contributed by atoms with Gasteiger partial charge in [-0.3, -0.25) is 14.9 Å². The van der Waals surface area contributed by atoms with Gasteiger partial charge in [0.1, 0.15) is 5.75 Å². The third-order valence-electron chi connectivity index (χ3n) is 2.48. The average Bonchev–Trinajstić information content (AvgIpc) is 2.86. The maximum Gasteiger partial charge on any atom is 0.308 e. The van der Waals surface area contributed by atoms with Crippen molar-refractivity contribution in [1.82, 2.24) is 4.98 Å². The first-order chi connectivity index (χ1) is 9.58. The molecular formula is C14H14N2O3S. The van der Waals surface area contributed by atoms with Gasteiger partial charge in [0.05, 0.1) is 0 Å². The molecule has 0 aliphatic heterocycles. The zero-order chi connectivity index (χ0) is 14.5. The van der Waals surface area contributed by atoms with Crippen LogP contribution in [0.1, 0.15) is 29.1 Å². The van der Waals surface area contributed by atoms with Gasteiger partial charge in [0.15, 0.2) is 5.13 Å². The van der Waals surface area contributed by atoms with Crippen molar-refractivity contribution in [3.05, 3.63) is 40.9 Å². The molecule has 0 fully saturated rings. The van der Waals surface area contributed by atoms with Crippen LogP contribution in [0.4, 0.5) is 5.13 Å². The normalized spacial score (nSPS) is 10.1. The zero-order valence-corrected chi connectivity index (χ0v) is 12.0. The predicted octanol–water partition coefficient (Wildman–Crippen LogP) is 2.88. The fourth-order valence-corrected chi connectivity index (χ4v) is 2.31. The van der Waals surface area contributed by atoms with Gasteiger partial charge in [-0.2, -0.15) is 0 Å². The number of nitrogens with one attached hydrogen (secondary N) is 1. The molecule has 0 saturated carbocycles. The first-order valence-corrected chi connectivity index (χ1v) is 6.94. The van der Waals surface area contributed by atoms with E-state index in [1.165, 1.54) is 24.3 Å². The Morgan fingerprint density at radius 1 is 1.40 bits per heavy atom. The van der Waals surface area contributed by atoms with Gasteiger partial charge in [-0.1, -0.05) is 13.0 Å². The Hall–Kier alpha value is -2.21. The molecule has 1 aromatic carbocycles. The Balaban J connectivity index is 2.10. The molecule has 5 nitrogen and oxygen atoms in total. The van der Waals surface area contributed by atoms with Crippen LogP contribution in [0, 0.1) is 0 Å². The summed E-state index contributed by atoms with van der Waals surface area (Å²) in [4.78, 5) is 28.2. The number of benzene rings is 1. The molecule has 1 amide bonds. The van der Waals surface area contributed by atoms with Gasteiger partial charge in [0.25, 0.3) is 5.91 Å². The third-order valence-corrected chi connectivity index (χ3v) is 3.54. The first-order valence-electron chi connectivity index (χ1n) is 6.13. The summed E-state index contributed by atoms with van der Waals surface area (Å²) in [6.45, 7) is 3.34. The SMILES string of the molecule is CCc1cnc(NC(=O)c2cccc(OC(C)=O)c2)s1. The van der Waals surface area contributed by atoms with Gasteiger partial charge in [0.2, 0.25) is 0 Å². The molecule has 20 heavy (non-hydrogen) atoms. The van der Waals surface area contributed by atoms with Crippen molar-refractivity contribution in [2.45, 2.75) is 20.3 Å². The standard InChI is InChI=1S/C14H14N2O3S/c1-3-12-8-15-14(20-12)16-13(18)10-5-4-6-11(7-10)19-9(2)17/h4-8H,3H2,1-2H3,(H,15,16,18). The second kappa shape index (κ2) is 6.29. The number of hydrogen-bond acceptors (Lipinski definition) is 5. The van der Waals surface area contributed by atoms with E-state index in [9.17, 15) is 9.59 Å². The number of carbonyl (C=O) groups is 2. The van der Waals surface area contributed by atoms with E-state index in [-0.39, 0.29) is 5.91 Å². The van der Waals surface area contributed by atoms with Crippen molar-refractivity contribution in [1.29, 1.82) is 0 Å². The lowest BCUT2D eigenvalue weighted by Crippen LogP contribution is -2.12. The molecular weight excluding hydrogens is 276 g/mol. The quantitative estimate of drug-likeness (QED) is 0.694. The van der Waals surface area contributed by atoms with E-state index < -0.39 is 5.97 Å². The van der Waals surface area contributed by atoms with E-state index in [2.05, 4.69) is 10.3 Å². The second-order valence-corrected chi connectivity index (χ2v) is 5.18. The van der Waals surface area contributed by atoms with Crippen LogP contribution in [0.5, 0.6) is 5.75 Å². The number of carbonyl (C=O) groups excluding carboxylic acids is 2. The fraction of sp³-hybridized carbons (Fsp3) is 0.214. The van der Waals surface area contributed by atoms with Crippen LogP contribution in [0.15, 0.2) is 30.5 Å². The third kappa shape index (κ3) is 3.64. The molecule has 104 valence electrons. The molecule has 0 spiro atoms. The molecule has 2 rings (SSSR count). The summed E-state index contributed by atoms with van der Waals surface area (Å²) < 4.78 is 4.94. The molecule has 2 aromatic rings. The molecule has 0 saturated heterocycles. The minimum atomic E-state index is -0.421. The lowest BCUT2D eigenvalue weighted by molar-refractivity contribution is -0.131. The largest absolute Gasteiger partial charge is 0.427 e. The number of aromatic nitrogens is 1. The van der Waals surface area contributed by atoms with E-state index in [4.69, 9.17) is 4.74 Å². The van der Waals surface area contributed by atoms with Gasteiger partial charge in [0, 0.05) is 23.6 Å². The lowest BCUT2D eigenvalue weighted by atomic mass is 10.2. The maximum atomic E-state index is 12.1. The molecule has 0 aliphatic rings. The molecule has 0 aliphatic carbocycles. The molecule has 0 bridgehead atoms. The average molecular weight is 290 g/mol. The Kier molecular flexibility index (Phi) is 4.47. The van der Waals surface area contributed by atoms with Gasteiger partial charge in [-0.25, -0.2) is 4.98 Å². The number of thiazole rings is 1. The minimum absolute atomic E-state index is 0.281. The van der Waals surface area contributed by atoms with Crippen LogP contribution in [0.3, 0.4) is 0 Å². The van der Waals surface area contributed by atoms with Crippen molar-refractivity contribution in [2.24, 2.45) is 0 Å². The highest BCUT2D eigenvalue weighted by Crippen LogP contribution is 2.20. The topological polar surface area (TPSA) is 68.3 Å². The Bertz CT molecular complexity index is 637. The van der Waals surface area contributed by atoms with Crippen LogP contribution in [0.2, 0.25) is 0 Å². The Morgan fingerprint density at radius 2 is 2.20 bits per heavy atom. The highest BCUT2D eigenvalue weighted by atomic mass is 32.1. The highest BCUT2D eigenvalue weighted by Gasteiger charge is 2.10. The van der Waals surface area contributed by atoms with Crippen LogP contribution in [-0.2, 0) is 11.2 Å². The maximum absolute atomic E-state index is 12.1. The van der Waals surface area contributed by atoms with E-state index in [1.807, 2.05) is 6.92 Å². The van der Waals surface area contributed by atoms with E-state index in [0.717, 1.165) is 11.3 Å². The first kappa shape index (κ1) is 14.2. The number of esters is 1. The molecule has 1 N–H and O–H groups in total. The van der Waals surface area contributed by atoms with E-state index >= 15 is 0 Å². The number of aryl methyl sites for hydroxylation is 1. The summed E-state index contributed by atoms with van der Waals surface area (Å²) >= 11 is 1.44. The molecule has 6 heteroatoms. The molecule has 0 unspecified atom stereocenters. The summed E-state index contributed by atoms with van der Waals surface area (Å²) in [5.74, 6) is -0.357. The van der Waals surface area contributed by atoms with E-state index in [0.29, 0.717) is 16.4 Å². The minimum Gasteiger partial charge on any atom is -0.427 e. The number of anilines is 1. The van der Waals surface area contributed by atoms with Crippen LogP contribution in [0.25, 0.3) is 0 Å². The summed E-state index contributed by atoms with van der Waals surface area (Å²) in [5, 5.41) is 3.28. The smallest absolute Gasteiger partial charge is 0.308 e. The van der Waals surface area contributed by atoms with Crippen LogP contribution < -0.4 is 10.1 Å². The summed E-state index contributed by atoms with van der Waals surface area (Å²) in [6.07, 6.45) is 2.63. The fourth-order valence-electron chi connectivity index (χ4n) is 1.56. The van der Waals surface area contributed by atoms with E-state index in [1.54, 1.807) is 24.4 Å². The Labute approximate surface area is 120 Å². The number of hydrogen-bond donors (Lipinski definition) is 1. The number of amides is 1. The van der Waals surface area contributed by atoms with Crippen LogP contribution in [-0.4, -0.2) is 16.9 Å². The molecule has 0 atom stereocenters. The molecule has 1 aromatic heterocycles. The zero-order valence-electron chi connectivity index (χ0n) is 11.2.